The van der Waals surface area contributed by atoms with Crippen LogP contribution in [0.15, 0.2) is 70.2 Å². The van der Waals surface area contributed by atoms with Crippen LogP contribution in [0.1, 0.15) is 50.3 Å². The number of methoxy groups -OCH3 is 2. The first-order valence-corrected chi connectivity index (χ1v) is 15.6. The summed E-state index contributed by atoms with van der Waals surface area (Å²) in [7, 11) is 3.12. The number of piperidine rings is 1. The predicted molar refractivity (Wildman–Crippen MR) is 168 cm³/mol. The number of para-hydroxylation sites is 1. The number of thioether (sulfide) groups is 1. The van der Waals surface area contributed by atoms with Gasteiger partial charge in [0.2, 0.25) is 5.91 Å². The van der Waals surface area contributed by atoms with E-state index in [1.54, 1.807) is 39.0 Å². The Morgan fingerprint density at radius 1 is 0.932 bits per heavy atom. The van der Waals surface area contributed by atoms with Crippen molar-refractivity contribution in [1.82, 2.24) is 9.80 Å². The van der Waals surface area contributed by atoms with E-state index < -0.39 is 12.0 Å². The summed E-state index contributed by atoms with van der Waals surface area (Å²) in [4.78, 5) is 48.4. The third kappa shape index (κ3) is 6.19. The van der Waals surface area contributed by atoms with Crippen LogP contribution >= 0.6 is 11.8 Å². The highest BCUT2D eigenvalue weighted by atomic mass is 32.2. The van der Waals surface area contributed by atoms with E-state index in [4.69, 9.17) is 23.9 Å². The van der Waals surface area contributed by atoms with Crippen LogP contribution in [0.5, 0.6) is 11.5 Å². The highest BCUT2D eigenvalue weighted by molar-refractivity contribution is 8.16. The Bertz CT molecular complexity index is 1500. The minimum absolute atomic E-state index is 0.0627. The fourth-order valence-corrected chi connectivity index (χ4v) is 6.72. The van der Waals surface area contributed by atoms with E-state index >= 15 is 0 Å². The number of likely N-dealkylation sites (tertiary alicyclic amines) is 1. The Balaban J connectivity index is 1.54. The molecule has 5 rings (SSSR count). The number of esters is 2. The lowest BCUT2D eigenvalue weighted by molar-refractivity contribution is -0.151. The molecule has 0 spiro atoms. The Hall–Kier alpha value is -4.25. The zero-order valence-corrected chi connectivity index (χ0v) is 26.2. The normalized spacial score (nSPS) is 18.3. The molecule has 11 heteroatoms. The average Bonchev–Trinajstić information content (AvgIpc) is 3.46. The van der Waals surface area contributed by atoms with Gasteiger partial charge in [-0.05, 0) is 38.2 Å². The largest absolute Gasteiger partial charge is 0.493 e. The van der Waals surface area contributed by atoms with Gasteiger partial charge >= 0.3 is 11.9 Å². The van der Waals surface area contributed by atoms with Crippen LogP contribution in [0.2, 0.25) is 0 Å². The zero-order valence-electron chi connectivity index (χ0n) is 25.4. The van der Waals surface area contributed by atoms with E-state index in [1.165, 1.54) is 11.8 Å². The van der Waals surface area contributed by atoms with Crippen LogP contribution in [-0.2, 0) is 23.9 Å². The number of fused-ring (bicyclic) bond motifs is 1. The molecular weight excluding hydrogens is 582 g/mol. The molecule has 232 valence electrons. The number of carbonyl (C=O) groups is 3. The lowest BCUT2D eigenvalue weighted by Gasteiger charge is -2.38. The molecule has 0 radical (unpaired) electrons. The molecule has 1 atom stereocenters. The quantitative estimate of drug-likeness (QED) is 0.333. The van der Waals surface area contributed by atoms with Crippen LogP contribution in [-0.4, -0.2) is 73.3 Å². The highest BCUT2D eigenvalue weighted by Crippen LogP contribution is 2.50. The number of amides is 1. The fraction of sp³-hybridized carbons (Fsp3) is 0.394. The maximum atomic E-state index is 13.8. The molecule has 0 bridgehead atoms. The summed E-state index contributed by atoms with van der Waals surface area (Å²) in [6.45, 7) is 5.03. The van der Waals surface area contributed by atoms with Gasteiger partial charge in [-0.3, -0.25) is 9.59 Å². The van der Waals surface area contributed by atoms with E-state index in [0.717, 1.165) is 5.56 Å². The Morgan fingerprint density at radius 3 is 2.32 bits per heavy atom. The molecule has 2 aromatic carbocycles. The van der Waals surface area contributed by atoms with Gasteiger partial charge in [0, 0.05) is 29.9 Å². The summed E-state index contributed by atoms with van der Waals surface area (Å²) < 4.78 is 22.3. The first kappa shape index (κ1) is 31.2. The minimum Gasteiger partial charge on any atom is -0.493 e. The predicted octanol–water partition coefficient (Wildman–Crippen LogP) is 5.17. The van der Waals surface area contributed by atoms with Crippen molar-refractivity contribution in [3.05, 3.63) is 76.3 Å². The maximum Gasteiger partial charge on any atom is 0.338 e. The van der Waals surface area contributed by atoms with E-state index in [0.29, 0.717) is 71.7 Å². The van der Waals surface area contributed by atoms with Gasteiger partial charge in [-0.1, -0.05) is 54.2 Å². The number of nitrogens with zero attached hydrogens (tertiary/aromatic N) is 3. The zero-order chi connectivity index (χ0) is 31.2. The summed E-state index contributed by atoms with van der Waals surface area (Å²) in [5.74, 6) is 0.0152. The van der Waals surface area contributed by atoms with Crippen molar-refractivity contribution in [2.75, 3.05) is 40.5 Å². The molecule has 1 fully saturated rings. The molecule has 1 unspecified atom stereocenters. The number of benzene rings is 2. The molecule has 0 N–H and O–H groups in total. The second-order valence-electron chi connectivity index (χ2n) is 10.4. The summed E-state index contributed by atoms with van der Waals surface area (Å²) in [5, 5.41) is 2.55. The van der Waals surface area contributed by atoms with E-state index in [9.17, 15) is 14.4 Å². The van der Waals surface area contributed by atoms with E-state index in [-0.39, 0.29) is 30.8 Å². The second-order valence-corrected chi connectivity index (χ2v) is 11.2. The van der Waals surface area contributed by atoms with E-state index in [1.807, 2.05) is 52.8 Å². The molecule has 1 saturated heterocycles. The van der Waals surface area contributed by atoms with Crippen molar-refractivity contribution in [2.24, 2.45) is 10.9 Å². The second kappa shape index (κ2) is 14.0. The first-order chi connectivity index (χ1) is 21.4. The Labute approximate surface area is 261 Å². The fourth-order valence-electron chi connectivity index (χ4n) is 5.80. The third-order valence-electron chi connectivity index (χ3n) is 7.88. The van der Waals surface area contributed by atoms with Crippen LogP contribution in [0.25, 0.3) is 5.70 Å². The molecule has 44 heavy (non-hydrogen) atoms. The highest BCUT2D eigenvalue weighted by Gasteiger charge is 2.44. The van der Waals surface area contributed by atoms with Gasteiger partial charge in [-0.15, -0.1) is 0 Å². The molecule has 1 amide bonds. The topological polar surface area (TPSA) is 107 Å². The van der Waals surface area contributed by atoms with Crippen LogP contribution in [0, 0.1) is 5.92 Å². The first-order valence-electron chi connectivity index (χ1n) is 14.8. The molecule has 3 heterocycles. The monoisotopic (exact) mass is 619 g/mol. The molecular formula is C33H37N3O7S. The number of amidine groups is 1. The Kier molecular flexibility index (Phi) is 9.94. The SMILES string of the molecule is CCOC(=O)C1=C(c2ccccc2)N=C2SC=C(CC(=O)N3CCC(C(=O)OCC)CC3)N2C1c1cccc(OC)c1OC. The summed E-state index contributed by atoms with van der Waals surface area (Å²) in [5.41, 5.74) is 2.98. The van der Waals surface area contributed by atoms with Gasteiger partial charge in [0.1, 0.15) is 0 Å². The van der Waals surface area contributed by atoms with Crippen LogP contribution in [0.4, 0.5) is 0 Å². The van der Waals surface area contributed by atoms with Gasteiger partial charge in [-0.25, -0.2) is 9.79 Å². The van der Waals surface area contributed by atoms with Crippen LogP contribution < -0.4 is 9.47 Å². The number of hydrogen-bond acceptors (Lipinski definition) is 10. The van der Waals surface area contributed by atoms with Gasteiger partial charge < -0.3 is 28.7 Å². The smallest absolute Gasteiger partial charge is 0.338 e. The van der Waals surface area contributed by atoms with Gasteiger partial charge in [0.25, 0.3) is 0 Å². The molecule has 2 aromatic rings. The molecule has 0 aliphatic carbocycles. The summed E-state index contributed by atoms with van der Waals surface area (Å²) in [6, 6.07) is 14.3. The Morgan fingerprint density at radius 2 is 1.66 bits per heavy atom. The van der Waals surface area contributed by atoms with Crippen molar-refractivity contribution in [1.29, 1.82) is 0 Å². The lowest BCUT2D eigenvalue weighted by atomic mass is 9.90. The van der Waals surface area contributed by atoms with Crippen molar-refractivity contribution >= 4 is 40.5 Å². The number of ether oxygens (including phenoxy) is 4. The third-order valence-corrected chi connectivity index (χ3v) is 8.77. The lowest BCUT2D eigenvalue weighted by Crippen LogP contribution is -2.42. The minimum atomic E-state index is -0.717. The number of hydrogen-bond donors (Lipinski definition) is 0. The number of carbonyl (C=O) groups excluding carboxylic acids is 3. The van der Waals surface area contributed by atoms with Gasteiger partial charge in [-0.2, -0.15) is 0 Å². The molecule has 0 aromatic heterocycles. The van der Waals surface area contributed by atoms with Gasteiger partial charge in [0.05, 0.1) is 57.1 Å². The van der Waals surface area contributed by atoms with Crippen molar-refractivity contribution in [3.8, 4) is 11.5 Å². The maximum absolute atomic E-state index is 13.8. The van der Waals surface area contributed by atoms with Crippen molar-refractivity contribution in [3.63, 3.8) is 0 Å². The summed E-state index contributed by atoms with van der Waals surface area (Å²) in [6.07, 6.45) is 1.22. The van der Waals surface area contributed by atoms with Crippen molar-refractivity contribution in [2.45, 2.75) is 39.2 Å². The number of rotatable bonds is 10. The standard InChI is InChI=1S/C33H37N3O7S/c1-5-42-31(38)22-15-17-35(18-16-22)26(37)19-23-20-44-33-34-28(21-11-8-7-9-12-21)27(32(39)43-6-2)29(36(23)33)24-13-10-14-25(40-3)30(24)41-4/h7-14,20,22,29H,5-6,15-19H2,1-4H3. The van der Waals surface area contributed by atoms with E-state index in [2.05, 4.69) is 0 Å². The molecule has 3 aliphatic heterocycles. The van der Waals surface area contributed by atoms with Gasteiger partial charge in [0.15, 0.2) is 16.7 Å². The number of aliphatic imine (C=N–C) groups is 1. The molecule has 0 saturated carbocycles. The average molecular weight is 620 g/mol. The summed E-state index contributed by atoms with van der Waals surface area (Å²) >= 11 is 1.40. The van der Waals surface area contributed by atoms with Crippen LogP contribution in [0.3, 0.4) is 0 Å². The molecule has 3 aliphatic rings. The van der Waals surface area contributed by atoms with Crippen molar-refractivity contribution < 1.29 is 33.3 Å². The molecule has 10 nitrogen and oxygen atoms in total.